The number of aliphatic carboxylic acids is 1. The van der Waals surface area contributed by atoms with E-state index >= 15 is 0 Å². The Morgan fingerprint density at radius 3 is 2.61 bits per heavy atom. The van der Waals surface area contributed by atoms with Crippen molar-refractivity contribution in [2.24, 2.45) is 0 Å². The summed E-state index contributed by atoms with van der Waals surface area (Å²) in [6.45, 7) is 5.89. The van der Waals surface area contributed by atoms with Crippen molar-refractivity contribution in [3.05, 3.63) is 41.2 Å². The Morgan fingerprint density at radius 1 is 1.44 bits per heavy atom. The molecule has 0 atom stereocenters. The van der Waals surface area contributed by atoms with Gasteiger partial charge in [0.15, 0.2) is 0 Å². The van der Waals surface area contributed by atoms with Gasteiger partial charge in [-0.15, -0.1) is 0 Å². The third-order valence-electron chi connectivity index (χ3n) is 2.16. The highest BCUT2D eigenvalue weighted by atomic mass is 19.1. The molecule has 1 rings (SSSR count). The second kappa shape index (κ2) is 5.78. The quantitative estimate of drug-likeness (QED) is 0.837. The monoisotopic (exact) mass is 252 g/mol. The standard InChI is InChI=1S/C14H17FO3/c1-14(2,3)18-9-11-6-4-10(8-12(11)15)5-7-13(16)17/h4-8H,9H2,1-3H3,(H,16,17). The average molecular weight is 252 g/mol. The van der Waals surface area contributed by atoms with Gasteiger partial charge in [-0.1, -0.05) is 12.1 Å². The van der Waals surface area contributed by atoms with Crippen molar-refractivity contribution in [1.29, 1.82) is 0 Å². The summed E-state index contributed by atoms with van der Waals surface area (Å²) in [6, 6.07) is 4.55. The summed E-state index contributed by atoms with van der Waals surface area (Å²) in [5.74, 6) is -1.46. The van der Waals surface area contributed by atoms with Crippen molar-refractivity contribution in [3.8, 4) is 0 Å². The van der Waals surface area contributed by atoms with Gasteiger partial charge in [0.05, 0.1) is 12.2 Å². The fraction of sp³-hybridized carbons (Fsp3) is 0.357. The van der Waals surface area contributed by atoms with E-state index < -0.39 is 11.8 Å². The van der Waals surface area contributed by atoms with Crippen LogP contribution in [0.15, 0.2) is 24.3 Å². The van der Waals surface area contributed by atoms with Crippen LogP contribution in [0.1, 0.15) is 31.9 Å². The molecular formula is C14H17FO3. The number of benzene rings is 1. The largest absolute Gasteiger partial charge is 0.478 e. The summed E-state index contributed by atoms with van der Waals surface area (Å²) in [4.78, 5) is 10.3. The van der Waals surface area contributed by atoms with Gasteiger partial charge in [-0.05, 0) is 38.5 Å². The minimum Gasteiger partial charge on any atom is -0.478 e. The summed E-state index contributed by atoms with van der Waals surface area (Å²) < 4.78 is 19.2. The Hall–Kier alpha value is -1.68. The Bertz CT molecular complexity index is 459. The van der Waals surface area contributed by atoms with Crippen LogP contribution in [-0.4, -0.2) is 16.7 Å². The molecule has 0 radical (unpaired) electrons. The predicted octanol–water partition coefficient (Wildman–Crippen LogP) is 3.24. The van der Waals surface area contributed by atoms with E-state index in [0.717, 1.165) is 6.08 Å². The first-order valence-electron chi connectivity index (χ1n) is 5.61. The molecule has 1 N–H and O–H groups in total. The molecule has 1 aromatic carbocycles. The Labute approximate surface area is 106 Å². The number of carboxylic acid groups (broad SMARTS) is 1. The zero-order valence-corrected chi connectivity index (χ0v) is 10.7. The van der Waals surface area contributed by atoms with E-state index in [0.29, 0.717) is 11.1 Å². The first-order chi connectivity index (χ1) is 8.28. The molecule has 0 spiro atoms. The zero-order valence-electron chi connectivity index (χ0n) is 10.7. The second-order valence-corrected chi connectivity index (χ2v) is 4.92. The third-order valence-corrected chi connectivity index (χ3v) is 2.16. The molecule has 0 aliphatic heterocycles. The molecule has 0 aliphatic carbocycles. The van der Waals surface area contributed by atoms with Gasteiger partial charge in [0.1, 0.15) is 5.82 Å². The van der Waals surface area contributed by atoms with Gasteiger partial charge >= 0.3 is 5.97 Å². The molecule has 0 saturated carbocycles. The van der Waals surface area contributed by atoms with Gasteiger partial charge in [-0.2, -0.15) is 0 Å². The van der Waals surface area contributed by atoms with Crippen molar-refractivity contribution in [3.63, 3.8) is 0 Å². The molecule has 1 aromatic rings. The number of hydrogen-bond donors (Lipinski definition) is 1. The van der Waals surface area contributed by atoms with E-state index in [4.69, 9.17) is 9.84 Å². The molecule has 0 aliphatic rings. The first kappa shape index (κ1) is 14.4. The highest BCUT2D eigenvalue weighted by molar-refractivity contribution is 5.85. The van der Waals surface area contributed by atoms with E-state index in [1.54, 1.807) is 12.1 Å². The van der Waals surface area contributed by atoms with Gasteiger partial charge in [-0.3, -0.25) is 0 Å². The molecule has 0 aromatic heterocycles. The molecular weight excluding hydrogens is 235 g/mol. The van der Waals surface area contributed by atoms with Crippen LogP contribution in [0.2, 0.25) is 0 Å². The maximum atomic E-state index is 13.7. The van der Waals surface area contributed by atoms with E-state index in [2.05, 4.69) is 0 Å². The van der Waals surface area contributed by atoms with Crippen LogP contribution in [0, 0.1) is 5.82 Å². The normalized spacial score (nSPS) is 12.0. The Kier molecular flexibility index (Phi) is 4.62. The lowest BCUT2D eigenvalue weighted by molar-refractivity contribution is -0.131. The minimum atomic E-state index is -1.06. The number of hydrogen-bond acceptors (Lipinski definition) is 2. The minimum absolute atomic E-state index is 0.193. The summed E-state index contributed by atoms with van der Waals surface area (Å²) >= 11 is 0. The summed E-state index contributed by atoms with van der Waals surface area (Å²) in [6.07, 6.45) is 2.32. The topological polar surface area (TPSA) is 46.5 Å². The van der Waals surface area contributed by atoms with Crippen LogP contribution in [0.3, 0.4) is 0 Å². The number of carboxylic acids is 1. The van der Waals surface area contributed by atoms with Crippen LogP contribution >= 0.6 is 0 Å². The molecule has 0 heterocycles. The highest BCUT2D eigenvalue weighted by Gasteiger charge is 2.12. The smallest absolute Gasteiger partial charge is 0.328 e. The number of ether oxygens (including phenoxy) is 1. The lowest BCUT2D eigenvalue weighted by Crippen LogP contribution is -2.19. The molecule has 0 amide bonds. The van der Waals surface area contributed by atoms with Crippen molar-refractivity contribution in [1.82, 2.24) is 0 Å². The predicted molar refractivity (Wildman–Crippen MR) is 67.6 cm³/mol. The maximum absolute atomic E-state index is 13.7. The lowest BCUT2D eigenvalue weighted by atomic mass is 10.1. The molecule has 0 bridgehead atoms. The molecule has 0 saturated heterocycles. The van der Waals surface area contributed by atoms with E-state index in [9.17, 15) is 9.18 Å². The van der Waals surface area contributed by atoms with Gasteiger partial charge in [0, 0.05) is 11.6 Å². The fourth-order valence-corrected chi connectivity index (χ4v) is 1.25. The zero-order chi connectivity index (χ0) is 13.8. The van der Waals surface area contributed by atoms with Crippen molar-refractivity contribution in [2.75, 3.05) is 0 Å². The summed E-state index contributed by atoms with van der Waals surface area (Å²) in [5, 5.41) is 8.47. The molecule has 3 nitrogen and oxygen atoms in total. The second-order valence-electron chi connectivity index (χ2n) is 4.92. The van der Waals surface area contributed by atoms with Crippen LogP contribution < -0.4 is 0 Å². The van der Waals surface area contributed by atoms with Crippen molar-refractivity contribution >= 4 is 12.0 Å². The van der Waals surface area contributed by atoms with Crippen LogP contribution in [0.25, 0.3) is 6.08 Å². The number of rotatable bonds is 4. The molecule has 0 fully saturated rings. The fourth-order valence-electron chi connectivity index (χ4n) is 1.25. The van der Waals surface area contributed by atoms with E-state index in [-0.39, 0.29) is 12.2 Å². The third kappa shape index (κ3) is 5.10. The Morgan fingerprint density at radius 2 is 2.11 bits per heavy atom. The van der Waals surface area contributed by atoms with E-state index in [1.165, 1.54) is 12.1 Å². The lowest BCUT2D eigenvalue weighted by Gasteiger charge is -2.19. The average Bonchev–Trinajstić information content (AvgIpc) is 2.23. The highest BCUT2D eigenvalue weighted by Crippen LogP contribution is 2.16. The molecule has 98 valence electrons. The van der Waals surface area contributed by atoms with Gasteiger partial charge in [0.25, 0.3) is 0 Å². The van der Waals surface area contributed by atoms with Gasteiger partial charge in [0.2, 0.25) is 0 Å². The van der Waals surface area contributed by atoms with Crippen molar-refractivity contribution in [2.45, 2.75) is 33.0 Å². The van der Waals surface area contributed by atoms with Gasteiger partial charge < -0.3 is 9.84 Å². The Balaban J connectivity index is 2.77. The summed E-state index contributed by atoms with van der Waals surface area (Å²) in [5.41, 5.74) is 0.640. The first-order valence-corrected chi connectivity index (χ1v) is 5.61. The number of halogens is 1. The van der Waals surface area contributed by atoms with Crippen LogP contribution in [0.4, 0.5) is 4.39 Å². The van der Waals surface area contributed by atoms with Gasteiger partial charge in [-0.25, -0.2) is 9.18 Å². The molecule has 0 unspecified atom stereocenters. The maximum Gasteiger partial charge on any atom is 0.328 e. The molecule has 4 heteroatoms. The van der Waals surface area contributed by atoms with E-state index in [1.807, 2.05) is 20.8 Å². The number of carbonyl (C=O) groups is 1. The van der Waals surface area contributed by atoms with Crippen LogP contribution in [-0.2, 0) is 16.1 Å². The molecule has 18 heavy (non-hydrogen) atoms. The van der Waals surface area contributed by atoms with Crippen molar-refractivity contribution < 1.29 is 19.0 Å². The van der Waals surface area contributed by atoms with Crippen LogP contribution in [0.5, 0.6) is 0 Å². The SMILES string of the molecule is CC(C)(C)OCc1ccc(C=CC(=O)O)cc1F. The summed E-state index contributed by atoms with van der Waals surface area (Å²) in [7, 11) is 0.